The zero-order valence-corrected chi connectivity index (χ0v) is 13.3. The second-order valence-corrected chi connectivity index (χ2v) is 5.26. The summed E-state index contributed by atoms with van der Waals surface area (Å²) in [6.45, 7) is 2.18. The lowest BCUT2D eigenvalue weighted by Crippen LogP contribution is -2.15. The molecular formula is C18H24N2O. The molecule has 0 spiro atoms. The Bertz CT molecular complexity index is 581. The van der Waals surface area contributed by atoms with Crippen molar-refractivity contribution in [3.63, 3.8) is 0 Å². The molecule has 0 aromatic heterocycles. The van der Waals surface area contributed by atoms with Gasteiger partial charge in [-0.1, -0.05) is 37.3 Å². The summed E-state index contributed by atoms with van der Waals surface area (Å²) < 4.78 is 5.49. The van der Waals surface area contributed by atoms with Crippen LogP contribution < -0.4 is 15.0 Å². The Morgan fingerprint density at radius 1 is 1.05 bits per heavy atom. The van der Waals surface area contributed by atoms with Crippen molar-refractivity contribution >= 4 is 11.4 Å². The summed E-state index contributed by atoms with van der Waals surface area (Å²) in [6, 6.07) is 16.8. The fourth-order valence-corrected chi connectivity index (χ4v) is 2.53. The maximum Gasteiger partial charge on any atom is 0.124 e. The predicted molar refractivity (Wildman–Crippen MR) is 90.4 cm³/mol. The van der Waals surface area contributed by atoms with Crippen LogP contribution in [-0.2, 0) is 0 Å². The molecule has 0 aliphatic carbocycles. The summed E-state index contributed by atoms with van der Waals surface area (Å²) >= 11 is 0. The quantitative estimate of drug-likeness (QED) is 0.854. The van der Waals surface area contributed by atoms with Gasteiger partial charge in [-0.15, -0.1) is 0 Å². The summed E-state index contributed by atoms with van der Waals surface area (Å²) in [5, 5.41) is 3.65. The molecule has 0 saturated heterocycles. The molecule has 0 amide bonds. The maximum absolute atomic E-state index is 5.49. The van der Waals surface area contributed by atoms with Crippen LogP contribution in [0.25, 0.3) is 0 Å². The third kappa shape index (κ3) is 3.48. The summed E-state index contributed by atoms with van der Waals surface area (Å²) in [7, 11) is 5.84. The zero-order chi connectivity index (χ0) is 15.2. The highest BCUT2D eigenvalue weighted by Crippen LogP contribution is 2.33. The number of benzene rings is 2. The topological polar surface area (TPSA) is 24.5 Å². The molecule has 21 heavy (non-hydrogen) atoms. The van der Waals surface area contributed by atoms with E-state index in [-0.39, 0.29) is 6.04 Å². The molecule has 1 unspecified atom stereocenters. The fraction of sp³-hybridized carbons (Fsp3) is 0.333. The standard InChI is InChI=1S/C18H24N2O/c1-5-15(14-10-6-9-13-18(14)21-4)19-16-11-7-8-12-17(16)20(2)3/h6-13,15,19H,5H2,1-4H3. The highest BCUT2D eigenvalue weighted by Gasteiger charge is 2.15. The molecule has 3 nitrogen and oxygen atoms in total. The highest BCUT2D eigenvalue weighted by atomic mass is 16.5. The van der Waals surface area contributed by atoms with Crippen LogP contribution >= 0.6 is 0 Å². The number of nitrogens with zero attached hydrogens (tertiary/aromatic N) is 1. The molecule has 0 saturated carbocycles. The number of methoxy groups -OCH3 is 1. The van der Waals surface area contributed by atoms with Crippen LogP contribution in [-0.4, -0.2) is 21.2 Å². The van der Waals surface area contributed by atoms with Gasteiger partial charge in [0.2, 0.25) is 0 Å². The number of rotatable bonds is 6. The van der Waals surface area contributed by atoms with Crippen LogP contribution in [0.2, 0.25) is 0 Å². The molecule has 1 N–H and O–H groups in total. The van der Waals surface area contributed by atoms with Crippen molar-refractivity contribution < 1.29 is 4.74 Å². The monoisotopic (exact) mass is 284 g/mol. The largest absolute Gasteiger partial charge is 0.496 e. The van der Waals surface area contributed by atoms with E-state index in [2.05, 4.69) is 67.6 Å². The predicted octanol–water partition coefficient (Wildman–Crippen LogP) is 4.32. The molecule has 1 atom stereocenters. The minimum absolute atomic E-state index is 0.224. The van der Waals surface area contributed by atoms with E-state index >= 15 is 0 Å². The van der Waals surface area contributed by atoms with Gasteiger partial charge in [0.15, 0.2) is 0 Å². The molecule has 2 aromatic rings. The summed E-state index contributed by atoms with van der Waals surface area (Å²) in [4.78, 5) is 2.12. The lowest BCUT2D eigenvalue weighted by molar-refractivity contribution is 0.406. The Hall–Kier alpha value is -2.16. The van der Waals surface area contributed by atoms with E-state index in [1.807, 2.05) is 12.1 Å². The first-order valence-corrected chi connectivity index (χ1v) is 7.33. The van der Waals surface area contributed by atoms with E-state index in [1.54, 1.807) is 7.11 Å². The van der Waals surface area contributed by atoms with Gasteiger partial charge < -0.3 is 15.0 Å². The van der Waals surface area contributed by atoms with E-state index in [4.69, 9.17) is 4.74 Å². The zero-order valence-electron chi connectivity index (χ0n) is 13.3. The average molecular weight is 284 g/mol. The average Bonchev–Trinajstić information content (AvgIpc) is 2.52. The summed E-state index contributed by atoms with van der Waals surface area (Å²) in [5.74, 6) is 0.930. The number of ether oxygens (including phenoxy) is 1. The number of hydrogen-bond donors (Lipinski definition) is 1. The van der Waals surface area contributed by atoms with Gasteiger partial charge in [-0.25, -0.2) is 0 Å². The first-order valence-electron chi connectivity index (χ1n) is 7.33. The van der Waals surface area contributed by atoms with E-state index in [9.17, 15) is 0 Å². The van der Waals surface area contributed by atoms with Crippen molar-refractivity contribution in [3.05, 3.63) is 54.1 Å². The van der Waals surface area contributed by atoms with E-state index in [0.717, 1.165) is 17.9 Å². The second-order valence-electron chi connectivity index (χ2n) is 5.26. The van der Waals surface area contributed by atoms with Gasteiger partial charge in [0.05, 0.1) is 24.5 Å². The molecule has 0 bridgehead atoms. The van der Waals surface area contributed by atoms with Crippen LogP contribution in [0.1, 0.15) is 24.9 Å². The van der Waals surface area contributed by atoms with Gasteiger partial charge in [0.1, 0.15) is 5.75 Å². The van der Waals surface area contributed by atoms with Crippen molar-refractivity contribution in [2.75, 3.05) is 31.4 Å². The number of para-hydroxylation sites is 3. The van der Waals surface area contributed by atoms with Crippen molar-refractivity contribution in [1.29, 1.82) is 0 Å². The van der Waals surface area contributed by atoms with Crippen molar-refractivity contribution in [1.82, 2.24) is 0 Å². The summed E-state index contributed by atoms with van der Waals surface area (Å²) in [5.41, 5.74) is 3.52. The Balaban J connectivity index is 2.32. The lowest BCUT2D eigenvalue weighted by Gasteiger charge is -2.24. The molecule has 112 valence electrons. The third-order valence-electron chi connectivity index (χ3n) is 3.64. The van der Waals surface area contributed by atoms with Crippen LogP contribution in [0.4, 0.5) is 11.4 Å². The number of hydrogen-bond acceptors (Lipinski definition) is 3. The fourth-order valence-electron chi connectivity index (χ4n) is 2.53. The third-order valence-corrected chi connectivity index (χ3v) is 3.64. The summed E-state index contributed by atoms with van der Waals surface area (Å²) in [6.07, 6.45) is 0.988. The number of nitrogens with one attached hydrogen (secondary N) is 1. The van der Waals surface area contributed by atoms with Gasteiger partial charge in [0, 0.05) is 19.7 Å². The molecule has 0 aliphatic heterocycles. The minimum Gasteiger partial charge on any atom is -0.496 e. The normalized spacial score (nSPS) is 11.8. The van der Waals surface area contributed by atoms with Crippen LogP contribution in [0, 0.1) is 0 Å². The lowest BCUT2D eigenvalue weighted by atomic mass is 10.0. The molecule has 0 radical (unpaired) electrons. The first-order chi connectivity index (χ1) is 10.2. The highest BCUT2D eigenvalue weighted by molar-refractivity contribution is 5.70. The number of anilines is 2. The van der Waals surface area contributed by atoms with Crippen LogP contribution in [0.15, 0.2) is 48.5 Å². The first kappa shape index (κ1) is 15.2. The van der Waals surface area contributed by atoms with E-state index < -0.39 is 0 Å². The maximum atomic E-state index is 5.49. The van der Waals surface area contributed by atoms with E-state index in [0.29, 0.717) is 0 Å². The Labute approximate surface area is 127 Å². The van der Waals surface area contributed by atoms with Gasteiger partial charge in [0.25, 0.3) is 0 Å². The van der Waals surface area contributed by atoms with E-state index in [1.165, 1.54) is 11.3 Å². The SMILES string of the molecule is CCC(Nc1ccccc1N(C)C)c1ccccc1OC. The smallest absolute Gasteiger partial charge is 0.124 e. The molecule has 0 fully saturated rings. The Morgan fingerprint density at radius 2 is 1.71 bits per heavy atom. The molecule has 0 aliphatic rings. The molecule has 2 aromatic carbocycles. The van der Waals surface area contributed by atoms with Crippen LogP contribution in [0.3, 0.4) is 0 Å². The van der Waals surface area contributed by atoms with Gasteiger partial charge in [-0.2, -0.15) is 0 Å². The van der Waals surface area contributed by atoms with Crippen molar-refractivity contribution in [2.45, 2.75) is 19.4 Å². The van der Waals surface area contributed by atoms with Gasteiger partial charge >= 0.3 is 0 Å². The van der Waals surface area contributed by atoms with Crippen molar-refractivity contribution in [3.8, 4) is 5.75 Å². The van der Waals surface area contributed by atoms with Gasteiger partial charge in [-0.05, 0) is 24.6 Å². The molecular weight excluding hydrogens is 260 g/mol. The molecule has 3 heteroatoms. The minimum atomic E-state index is 0.224. The molecule has 0 heterocycles. The molecule has 2 rings (SSSR count). The Morgan fingerprint density at radius 3 is 2.38 bits per heavy atom. The van der Waals surface area contributed by atoms with Crippen LogP contribution in [0.5, 0.6) is 5.75 Å². The Kier molecular flexibility index (Phi) is 5.09. The van der Waals surface area contributed by atoms with Gasteiger partial charge in [-0.3, -0.25) is 0 Å². The second kappa shape index (κ2) is 7.02. The van der Waals surface area contributed by atoms with Crippen molar-refractivity contribution in [2.24, 2.45) is 0 Å².